The lowest BCUT2D eigenvalue weighted by atomic mass is 10.1. The van der Waals surface area contributed by atoms with Crippen LogP contribution in [0.3, 0.4) is 0 Å². The maximum Gasteiger partial charge on any atom is 0.165 e. The van der Waals surface area contributed by atoms with E-state index in [2.05, 4.69) is 27.1 Å². The second-order valence-electron chi connectivity index (χ2n) is 5.95. The summed E-state index contributed by atoms with van der Waals surface area (Å²) in [7, 11) is 1.68. The van der Waals surface area contributed by atoms with E-state index in [1.54, 1.807) is 29.8 Å². The van der Waals surface area contributed by atoms with Crippen molar-refractivity contribution in [1.29, 1.82) is 0 Å². The number of methoxy groups -OCH3 is 1. The number of nitrogens with one attached hydrogen (secondary N) is 1. The summed E-state index contributed by atoms with van der Waals surface area (Å²) >= 11 is 3.39. The standard InChI is InChI=1S/C19H20N2O3S2/c1-22-16-10-18-17(23-4-5-24-18)9-14(16)11-21-15(19-20-3-7-26-19)8-13-2-6-25-12-13/h2-3,6-7,9-10,12,15,21H,4-5,8,11H2,1H3. The molecule has 0 amide bonds. The third-order valence-corrected chi connectivity index (χ3v) is 5.87. The lowest BCUT2D eigenvalue weighted by Gasteiger charge is -2.22. The van der Waals surface area contributed by atoms with Gasteiger partial charge in [-0.2, -0.15) is 11.3 Å². The molecule has 3 heterocycles. The number of thiazole rings is 1. The van der Waals surface area contributed by atoms with Gasteiger partial charge in [-0.1, -0.05) is 0 Å². The van der Waals surface area contributed by atoms with Gasteiger partial charge in [0.15, 0.2) is 11.5 Å². The number of hydrogen-bond donors (Lipinski definition) is 1. The van der Waals surface area contributed by atoms with Crippen molar-refractivity contribution < 1.29 is 14.2 Å². The predicted molar refractivity (Wildman–Crippen MR) is 104 cm³/mol. The monoisotopic (exact) mass is 388 g/mol. The van der Waals surface area contributed by atoms with Crippen molar-refractivity contribution in [1.82, 2.24) is 10.3 Å². The largest absolute Gasteiger partial charge is 0.496 e. The highest BCUT2D eigenvalue weighted by molar-refractivity contribution is 7.09. The van der Waals surface area contributed by atoms with Crippen LogP contribution in [0, 0.1) is 0 Å². The van der Waals surface area contributed by atoms with Gasteiger partial charge in [-0.3, -0.25) is 0 Å². The second kappa shape index (κ2) is 8.07. The minimum Gasteiger partial charge on any atom is -0.496 e. The molecule has 0 saturated heterocycles. The zero-order valence-corrected chi connectivity index (χ0v) is 16.1. The number of aromatic nitrogens is 1. The van der Waals surface area contributed by atoms with Crippen LogP contribution in [0.1, 0.15) is 22.2 Å². The first-order chi connectivity index (χ1) is 12.8. The van der Waals surface area contributed by atoms with Crippen LogP contribution in [0.15, 0.2) is 40.5 Å². The van der Waals surface area contributed by atoms with E-state index in [1.807, 2.05) is 23.7 Å². The summed E-state index contributed by atoms with van der Waals surface area (Å²) in [6, 6.07) is 6.23. The Morgan fingerprint density at radius 2 is 2.08 bits per heavy atom. The summed E-state index contributed by atoms with van der Waals surface area (Å²) in [5.41, 5.74) is 2.36. The Hall–Kier alpha value is -2.09. The smallest absolute Gasteiger partial charge is 0.165 e. The molecule has 0 spiro atoms. The van der Waals surface area contributed by atoms with Gasteiger partial charge in [0.1, 0.15) is 24.0 Å². The van der Waals surface area contributed by atoms with Gasteiger partial charge in [0.25, 0.3) is 0 Å². The molecule has 1 aliphatic heterocycles. The minimum absolute atomic E-state index is 0.155. The van der Waals surface area contributed by atoms with Crippen molar-refractivity contribution in [3.8, 4) is 17.2 Å². The number of fused-ring (bicyclic) bond motifs is 1. The first-order valence-electron chi connectivity index (χ1n) is 8.44. The van der Waals surface area contributed by atoms with Crippen molar-refractivity contribution in [3.63, 3.8) is 0 Å². The number of benzene rings is 1. The Kier molecular flexibility index (Phi) is 5.38. The third-order valence-electron chi connectivity index (χ3n) is 4.25. The van der Waals surface area contributed by atoms with Gasteiger partial charge in [0.2, 0.25) is 0 Å². The minimum atomic E-state index is 0.155. The maximum absolute atomic E-state index is 5.71. The van der Waals surface area contributed by atoms with Crippen LogP contribution in [-0.2, 0) is 13.0 Å². The van der Waals surface area contributed by atoms with Crippen LogP contribution in [-0.4, -0.2) is 25.3 Å². The van der Waals surface area contributed by atoms with Gasteiger partial charge in [-0.05, 0) is 34.9 Å². The number of nitrogens with zero attached hydrogens (tertiary/aromatic N) is 1. The topological polar surface area (TPSA) is 52.6 Å². The lowest BCUT2D eigenvalue weighted by molar-refractivity contribution is 0.170. The molecule has 7 heteroatoms. The van der Waals surface area contributed by atoms with Gasteiger partial charge in [0.05, 0.1) is 13.2 Å². The zero-order valence-electron chi connectivity index (χ0n) is 14.4. The Labute approximate surface area is 160 Å². The van der Waals surface area contributed by atoms with E-state index < -0.39 is 0 Å². The van der Waals surface area contributed by atoms with Crippen LogP contribution < -0.4 is 19.5 Å². The first-order valence-corrected chi connectivity index (χ1v) is 10.3. The SMILES string of the molecule is COc1cc2c(cc1CNC(Cc1ccsc1)c1nccs1)OCCO2. The van der Waals surface area contributed by atoms with Gasteiger partial charge in [-0.25, -0.2) is 4.98 Å². The molecule has 1 aliphatic rings. The molecule has 0 aliphatic carbocycles. The summed E-state index contributed by atoms with van der Waals surface area (Å²) in [6.07, 6.45) is 2.76. The van der Waals surface area contributed by atoms with Crippen LogP contribution in [0.5, 0.6) is 17.2 Å². The molecule has 0 bridgehead atoms. The van der Waals surface area contributed by atoms with Gasteiger partial charge >= 0.3 is 0 Å². The number of rotatable bonds is 7. The molecule has 1 unspecified atom stereocenters. The number of thiophene rings is 1. The summed E-state index contributed by atoms with van der Waals surface area (Å²) in [5, 5.41) is 11.0. The second-order valence-corrected chi connectivity index (χ2v) is 7.65. The molecule has 136 valence electrons. The van der Waals surface area contributed by atoms with Crippen molar-refractivity contribution in [3.05, 3.63) is 56.7 Å². The van der Waals surface area contributed by atoms with Crippen molar-refractivity contribution in [2.45, 2.75) is 19.0 Å². The van der Waals surface area contributed by atoms with Crippen LogP contribution in [0.2, 0.25) is 0 Å². The molecule has 3 aromatic rings. The fourth-order valence-electron chi connectivity index (χ4n) is 2.97. The highest BCUT2D eigenvalue weighted by Gasteiger charge is 2.19. The van der Waals surface area contributed by atoms with Crippen LogP contribution in [0.4, 0.5) is 0 Å². The lowest BCUT2D eigenvalue weighted by Crippen LogP contribution is -2.23. The molecular formula is C19H20N2O3S2. The third kappa shape index (κ3) is 3.85. The summed E-state index contributed by atoms with van der Waals surface area (Å²) in [6.45, 7) is 1.81. The van der Waals surface area contributed by atoms with Gasteiger partial charge in [0, 0.05) is 29.8 Å². The van der Waals surface area contributed by atoms with Crippen molar-refractivity contribution in [2.24, 2.45) is 0 Å². The van der Waals surface area contributed by atoms with E-state index in [0.717, 1.165) is 34.2 Å². The maximum atomic E-state index is 5.71. The van der Waals surface area contributed by atoms with E-state index in [1.165, 1.54) is 5.56 Å². The molecule has 5 nitrogen and oxygen atoms in total. The quantitative estimate of drug-likeness (QED) is 0.662. The van der Waals surface area contributed by atoms with E-state index in [4.69, 9.17) is 14.2 Å². The van der Waals surface area contributed by atoms with Crippen molar-refractivity contribution >= 4 is 22.7 Å². The Morgan fingerprint density at radius 1 is 1.23 bits per heavy atom. The van der Waals surface area contributed by atoms with E-state index in [9.17, 15) is 0 Å². The van der Waals surface area contributed by atoms with Gasteiger partial charge < -0.3 is 19.5 Å². The molecule has 0 radical (unpaired) electrons. The Balaban J connectivity index is 1.53. The van der Waals surface area contributed by atoms with E-state index >= 15 is 0 Å². The molecule has 26 heavy (non-hydrogen) atoms. The molecule has 2 aromatic heterocycles. The van der Waals surface area contributed by atoms with E-state index in [0.29, 0.717) is 19.8 Å². The zero-order chi connectivity index (χ0) is 17.8. The molecule has 4 rings (SSSR count). The first kappa shape index (κ1) is 17.3. The summed E-state index contributed by atoms with van der Waals surface area (Å²) in [4.78, 5) is 4.51. The van der Waals surface area contributed by atoms with Gasteiger partial charge in [-0.15, -0.1) is 11.3 Å². The average Bonchev–Trinajstić information content (AvgIpc) is 3.38. The van der Waals surface area contributed by atoms with Crippen LogP contribution >= 0.6 is 22.7 Å². The molecule has 1 atom stereocenters. The summed E-state index contributed by atoms with van der Waals surface area (Å²) < 4.78 is 16.9. The average molecular weight is 389 g/mol. The fourth-order valence-corrected chi connectivity index (χ4v) is 4.37. The van der Waals surface area contributed by atoms with Crippen LogP contribution in [0.25, 0.3) is 0 Å². The molecule has 0 fully saturated rings. The normalized spacial score (nSPS) is 14.2. The Bertz CT molecular complexity index is 835. The molecule has 0 saturated carbocycles. The van der Waals surface area contributed by atoms with Crippen molar-refractivity contribution in [2.75, 3.05) is 20.3 Å². The molecule has 1 aromatic carbocycles. The highest BCUT2D eigenvalue weighted by atomic mass is 32.1. The number of hydrogen-bond acceptors (Lipinski definition) is 7. The predicted octanol–water partition coefficient (Wildman–Crippen LogP) is 4.06. The Morgan fingerprint density at radius 3 is 2.77 bits per heavy atom. The molecular weight excluding hydrogens is 368 g/mol. The van der Waals surface area contributed by atoms with E-state index in [-0.39, 0.29) is 6.04 Å². The molecule has 1 N–H and O–H groups in total. The summed E-state index contributed by atoms with van der Waals surface area (Å²) in [5.74, 6) is 2.32. The number of ether oxygens (including phenoxy) is 3. The fraction of sp³-hybridized carbons (Fsp3) is 0.316. The highest BCUT2D eigenvalue weighted by Crippen LogP contribution is 2.37.